The van der Waals surface area contributed by atoms with E-state index in [4.69, 9.17) is 4.98 Å². The van der Waals surface area contributed by atoms with Crippen LogP contribution in [0.15, 0.2) is 73.6 Å². The largest absolute Gasteiger partial charge is 0.330 e. The van der Waals surface area contributed by atoms with Crippen molar-refractivity contribution in [3.8, 4) is 22.8 Å². The Bertz CT molecular complexity index is 970. The van der Waals surface area contributed by atoms with Gasteiger partial charge >= 0.3 is 0 Å². The van der Waals surface area contributed by atoms with E-state index in [1.54, 1.807) is 0 Å². The average Bonchev–Trinajstić information content (AvgIpc) is 3.34. The first-order valence-corrected chi connectivity index (χ1v) is 8.87. The van der Waals surface area contributed by atoms with Gasteiger partial charge in [0.05, 0.1) is 12.0 Å². The van der Waals surface area contributed by atoms with Crippen LogP contribution in [0.3, 0.4) is 0 Å². The first kappa shape index (κ1) is 16.3. The Morgan fingerprint density at radius 2 is 1.69 bits per heavy atom. The molecule has 4 aromatic rings. The Morgan fingerprint density at radius 1 is 0.885 bits per heavy atom. The van der Waals surface area contributed by atoms with E-state index in [1.165, 1.54) is 5.56 Å². The van der Waals surface area contributed by atoms with Crippen LogP contribution in [-0.4, -0.2) is 24.1 Å². The molecule has 0 spiro atoms. The molecule has 3 aromatic heterocycles. The van der Waals surface area contributed by atoms with E-state index >= 15 is 0 Å². The molecule has 0 aliphatic carbocycles. The lowest BCUT2D eigenvalue weighted by Crippen LogP contribution is -2.06. The molecule has 5 heteroatoms. The van der Waals surface area contributed by atoms with Gasteiger partial charge in [-0.15, -0.1) is 0 Å². The van der Waals surface area contributed by atoms with Gasteiger partial charge in [0.25, 0.3) is 0 Å². The predicted octanol–water partition coefficient (Wildman–Crippen LogP) is 4.07. The third kappa shape index (κ3) is 3.16. The van der Waals surface area contributed by atoms with Crippen LogP contribution in [-0.2, 0) is 19.5 Å². The van der Waals surface area contributed by atoms with Crippen molar-refractivity contribution in [1.29, 1.82) is 0 Å². The number of aromatic nitrogens is 5. The van der Waals surface area contributed by atoms with Gasteiger partial charge in [-0.2, -0.15) is 0 Å². The first-order valence-electron chi connectivity index (χ1n) is 8.87. The second-order valence-corrected chi connectivity index (χ2v) is 6.14. The van der Waals surface area contributed by atoms with Crippen LogP contribution in [0.5, 0.6) is 0 Å². The highest BCUT2D eigenvalue weighted by atomic mass is 15.1. The topological polar surface area (TPSA) is 48.5 Å². The number of imidazole rings is 2. The van der Waals surface area contributed by atoms with E-state index in [1.807, 2.05) is 49.3 Å². The van der Waals surface area contributed by atoms with E-state index in [0.717, 1.165) is 42.3 Å². The molecule has 3 heterocycles. The minimum absolute atomic E-state index is 0.843. The third-order valence-electron chi connectivity index (χ3n) is 4.54. The van der Waals surface area contributed by atoms with Crippen molar-refractivity contribution < 1.29 is 0 Å². The maximum Gasteiger partial charge on any atom is 0.158 e. The maximum absolute atomic E-state index is 4.73. The Labute approximate surface area is 153 Å². The van der Waals surface area contributed by atoms with Gasteiger partial charge in [0.1, 0.15) is 5.69 Å². The summed E-state index contributed by atoms with van der Waals surface area (Å²) in [5.74, 6) is 0.957. The molecule has 4 rings (SSSR count). The number of benzene rings is 1. The van der Waals surface area contributed by atoms with Gasteiger partial charge in [-0.1, -0.05) is 30.3 Å². The standard InChI is InChI=1S/C21H21N5/c1-2-25-15-13-23-21(25)20-19(18-6-4-3-5-7-18)24-16-26(20)14-10-17-8-11-22-12-9-17/h3-9,11-13,15-16H,2,10,14H2,1H3. The summed E-state index contributed by atoms with van der Waals surface area (Å²) in [6.07, 6.45) is 10.4. The zero-order chi connectivity index (χ0) is 17.8. The molecule has 0 aliphatic rings. The first-order chi connectivity index (χ1) is 12.9. The quantitative estimate of drug-likeness (QED) is 0.530. The monoisotopic (exact) mass is 343 g/mol. The van der Waals surface area contributed by atoms with Gasteiger partial charge in [0.2, 0.25) is 0 Å². The van der Waals surface area contributed by atoms with Gasteiger partial charge in [0, 0.05) is 43.4 Å². The molecule has 0 bridgehead atoms. The highest BCUT2D eigenvalue weighted by Crippen LogP contribution is 2.30. The van der Waals surface area contributed by atoms with E-state index < -0.39 is 0 Å². The molecule has 0 saturated heterocycles. The third-order valence-corrected chi connectivity index (χ3v) is 4.54. The average molecular weight is 343 g/mol. The van der Waals surface area contributed by atoms with E-state index in [-0.39, 0.29) is 0 Å². The molecule has 0 saturated carbocycles. The molecule has 5 nitrogen and oxygen atoms in total. The van der Waals surface area contributed by atoms with Crippen molar-refractivity contribution >= 4 is 0 Å². The summed E-state index contributed by atoms with van der Waals surface area (Å²) in [4.78, 5) is 13.4. The van der Waals surface area contributed by atoms with Gasteiger partial charge < -0.3 is 9.13 Å². The highest BCUT2D eigenvalue weighted by molar-refractivity contribution is 5.75. The van der Waals surface area contributed by atoms with Crippen LogP contribution in [0.4, 0.5) is 0 Å². The smallest absolute Gasteiger partial charge is 0.158 e. The lowest BCUT2D eigenvalue weighted by molar-refractivity contribution is 0.688. The van der Waals surface area contributed by atoms with E-state index in [9.17, 15) is 0 Å². The fourth-order valence-electron chi connectivity index (χ4n) is 3.17. The summed E-state index contributed by atoms with van der Waals surface area (Å²) in [6.45, 7) is 3.85. The van der Waals surface area contributed by atoms with Crippen LogP contribution < -0.4 is 0 Å². The molecule has 0 unspecified atom stereocenters. The zero-order valence-electron chi connectivity index (χ0n) is 14.8. The van der Waals surface area contributed by atoms with E-state index in [0.29, 0.717) is 0 Å². The summed E-state index contributed by atoms with van der Waals surface area (Å²) in [6, 6.07) is 14.4. The molecule has 130 valence electrons. The zero-order valence-corrected chi connectivity index (χ0v) is 14.8. The molecule has 0 amide bonds. The molecular formula is C21H21N5. The highest BCUT2D eigenvalue weighted by Gasteiger charge is 2.18. The normalized spacial score (nSPS) is 11.0. The minimum atomic E-state index is 0.843. The summed E-state index contributed by atoms with van der Waals surface area (Å²) in [5, 5.41) is 0. The summed E-state index contributed by atoms with van der Waals surface area (Å²) in [7, 11) is 0. The molecule has 26 heavy (non-hydrogen) atoms. The lowest BCUT2D eigenvalue weighted by Gasteiger charge is -2.12. The molecule has 0 radical (unpaired) electrons. The second-order valence-electron chi connectivity index (χ2n) is 6.14. The van der Waals surface area contributed by atoms with Gasteiger partial charge in [-0.3, -0.25) is 4.98 Å². The number of hydrogen-bond donors (Lipinski definition) is 0. The van der Waals surface area contributed by atoms with Crippen molar-refractivity contribution in [3.63, 3.8) is 0 Å². The van der Waals surface area contributed by atoms with Crippen molar-refractivity contribution in [2.24, 2.45) is 0 Å². The fourth-order valence-corrected chi connectivity index (χ4v) is 3.17. The number of rotatable bonds is 6. The Balaban J connectivity index is 1.76. The van der Waals surface area contributed by atoms with Crippen molar-refractivity contribution in [1.82, 2.24) is 24.1 Å². The van der Waals surface area contributed by atoms with Crippen LogP contribution in [0.25, 0.3) is 22.8 Å². The Morgan fingerprint density at radius 3 is 2.46 bits per heavy atom. The number of aryl methyl sites for hydroxylation is 3. The number of nitrogens with zero attached hydrogens (tertiary/aromatic N) is 5. The Hall–Kier alpha value is -3.21. The van der Waals surface area contributed by atoms with Crippen LogP contribution in [0.1, 0.15) is 12.5 Å². The molecule has 0 N–H and O–H groups in total. The van der Waals surface area contributed by atoms with Gasteiger partial charge in [0.15, 0.2) is 5.82 Å². The lowest BCUT2D eigenvalue weighted by atomic mass is 10.1. The van der Waals surface area contributed by atoms with Gasteiger partial charge in [-0.05, 0) is 31.0 Å². The minimum Gasteiger partial charge on any atom is -0.330 e. The number of pyridine rings is 1. The van der Waals surface area contributed by atoms with E-state index in [2.05, 4.69) is 50.3 Å². The Kier molecular flexibility index (Phi) is 4.60. The summed E-state index contributed by atoms with van der Waals surface area (Å²) < 4.78 is 4.36. The molecular weight excluding hydrogens is 322 g/mol. The molecule has 0 fully saturated rings. The fraction of sp³-hybridized carbons (Fsp3) is 0.190. The predicted molar refractivity (Wildman–Crippen MR) is 102 cm³/mol. The summed E-state index contributed by atoms with van der Waals surface area (Å²) >= 11 is 0. The SMILES string of the molecule is CCn1ccnc1-c1c(-c2ccccc2)ncn1CCc1ccncc1. The van der Waals surface area contributed by atoms with Crippen LogP contribution in [0, 0.1) is 0 Å². The van der Waals surface area contributed by atoms with Crippen molar-refractivity contribution in [3.05, 3.63) is 79.1 Å². The second kappa shape index (κ2) is 7.35. The molecule has 1 aromatic carbocycles. The van der Waals surface area contributed by atoms with Crippen molar-refractivity contribution in [2.45, 2.75) is 26.4 Å². The maximum atomic E-state index is 4.73. The van der Waals surface area contributed by atoms with Crippen LogP contribution >= 0.6 is 0 Å². The summed E-state index contributed by atoms with van der Waals surface area (Å²) in [5.41, 5.74) is 4.41. The van der Waals surface area contributed by atoms with Crippen molar-refractivity contribution in [2.75, 3.05) is 0 Å². The number of hydrogen-bond acceptors (Lipinski definition) is 3. The molecule has 0 aliphatic heterocycles. The molecule has 0 atom stereocenters. The van der Waals surface area contributed by atoms with Gasteiger partial charge in [-0.25, -0.2) is 9.97 Å². The van der Waals surface area contributed by atoms with Crippen LogP contribution in [0.2, 0.25) is 0 Å².